The molecule has 1 aromatic carbocycles. The molecule has 0 spiro atoms. The van der Waals surface area contributed by atoms with Crippen LogP contribution in [0, 0.1) is 5.92 Å². The number of carbonyl (C=O) groups excluding carboxylic acids is 4. The number of sulfonamides is 1. The molecule has 3 N–H and O–H groups in total. The van der Waals surface area contributed by atoms with Gasteiger partial charge in [0, 0.05) is 34.5 Å². The number of carbonyl (C=O) groups is 4. The van der Waals surface area contributed by atoms with E-state index >= 15 is 0 Å². The molecule has 3 aromatic heterocycles. The lowest BCUT2D eigenvalue weighted by molar-refractivity contribution is -0.141. The van der Waals surface area contributed by atoms with E-state index in [0.29, 0.717) is 58.7 Å². The van der Waals surface area contributed by atoms with Crippen LogP contribution in [0.1, 0.15) is 57.8 Å². The molecular weight excluding hydrogens is 782 g/mol. The lowest BCUT2D eigenvalue weighted by atomic mass is 10.1. The number of rotatable bonds is 7. The normalized spacial score (nSPS) is 26.3. The summed E-state index contributed by atoms with van der Waals surface area (Å²) in [5.74, 6) is -1.80. The molecule has 3 fully saturated rings. The maximum absolute atomic E-state index is 14.4. The third kappa shape index (κ3) is 7.63. The fraction of sp³-hybridized carbons (Fsp3) is 0.447. The van der Waals surface area contributed by atoms with Crippen LogP contribution in [0.25, 0.3) is 31.8 Å². The van der Waals surface area contributed by atoms with Gasteiger partial charge in [0.25, 0.3) is 5.91 Å². The summed E-state index contributed by atoms with van der Waals surface area (Å²) in [6.07, 6.45) is 8.18. The highest BCUT2D eigenvalue weighted by Gasteiger charge is 2.62. The van der Waals surface area contributed by atoms with E-state index in [0.717, 1.165) is 23.1 Å². The Morgan fingerprint density at radius 2 is 1.88 bits per heavy atom. The van der Waals surface area contributed by atoms with Crippen molar-refractivity contribution in [2.75, 3.05) is 13.7 Å². The maximum Gasteiger partial charge on any atom is 0.407 e. The third-order valence-electron chi connectivity index (χ3n) is 10.8. The average molecular weight is 822 g/mol. The van der Waals surface area contributed by atoms with Gasteiger partial charge in [-0.15, -0.1) is 11.3 Å². The molecule has 5 heterocycles. The van der Waals surface area contributed by atoms with Crippen LogP contribution in [0.5, 0.6) is 5.88 Å². The van der Waals surface area contributed by atoms with E-state index in [-0.39, 0.29) is 25.3 Å². The molecule has 2 aliphatic heterocycles. The Labute approximate surface area is 331 Å². The van der Waals surface area contributed by atoms with E-state index in [4.69, 9.17) is 31.0 Å². The van der Waals surface area contributed by atoms with Gasteiger partial charge in [-0.1, -0.05) is 36.6 Å². The number of allylic oxidation sites excluding steroid dienone is 1. The molecule has 2 saturated carbocycles. The van der Waals surface area contributed by atoms with Crippen molar-refractivity contribution in [3.63, 3.8) is 0 Å². The van der Waals surface area contributed by atoms with Crippen molar-refractivity contribution in [1.82, 2.24) is 35.2 Å². The van der Waals surface area contributed by atoms with E-state index < -0.39 is 68.7 Å². The summed E-state index contributed by atoms with van der Waals surface area (Å²) in [5.41, 5.74) is -0.210. The molecular formula is C38H40ClN7O8S2. The van der Waals surface area contributed by atoms with Crippen molar-refractivity contribution in [1.29, 1.82) is 0 Å². The molecule has 2 aliphatic carbocycles. The first-order valence-corrected chi connectivity index (χ1v) is 21.4. The molecule has 4 amide bonds. The lowest BCUT2D eigenvalue weighted by Crippen LogP contribution is -2.58. The Morgan fingerprint density at radius 1 is 1.07 bits per heavy atom. The first-order valence-electron chi connectivity index (χ1n) is 18.6. The molecule has 0 radical (unpaired) electrons. The predicted molar refractivity (Wildman–Crippen MR) is 208 cm³/mol. The van der Waals surface area contributed by atoms with Gasteiger partial charge in [-0.05, 0) is 74.9 Å². The van der Waals surface area contributed by atoms with Crippen LogP contribution in [0.3, 0.4) is 0 Å². The molecule has 4 aliphatic rings. The van der Waals surface area contributed by atoms with Crippen molar-refractivity contribution in [2.45, 2.75) is 86.8 Å². The Balaban J connectivity index is 1.15. The molecule has 8 rings (SSSR count). The van der Waals surface area contributed by atoms with E-state index in [1.54, 1.807) is 30.5 Å². The van der Waals surface area contributed by atoms with E-state index in [1.165, 1.54) is 23.3 Å². The number of benzene rings is 1. The van der Waals surface area contributed by atoms with E-state index in [9.17, 15) is 27.6 Å². The molecule has 1 saturated heterocycles. The second-order valence-corrected chi connectivity index (χ2v) is 18.1. The van der Waals surface area contributed by atoms with Gasteiger partial charge in [0.05, 0.1) is 24.4 Å². The summed E-state index contributed by atoms with van der Waals surface area (Å²) in [6, 6.07) is 8.64. The van der Waals surface area contributed by atoms with Gasteiger partial charge in [-0.2, -0.15) is 4.98 Å². The summed E-state index contributed by atoms with van der Waals surface area (Å²) in [6.45, 7) is -0.0558. The molecule has 5 atom stereocenters. The largest absolute Gasteiger partial charge is 0.471 e. The number of nitrogens with one attached hydrogen (secondary N) is 3. The zero-order chi connectivity index (χ0) is 39.2. The fourth-order valence-electron chi connectivity index (χ4n) is 7.47. The van der Waals surface area contributed by atoms with Crippen LogP contribution in [0.2, 0.25) is 5.02 Å². The molecule has 56 heavy (non-hydrogen) atoms. The topological polar surface area (TPSA) is 199 Å². The monoisotopic (exact) mass is 821 g/mol. The summed E-state index contributed by atoms with van der Waals surface area (Å²) < 4.78 is 40.1. The number of methoxy groups -OCH3 is 1. The summed E-state index contributed by atoms with van der Waals surface area (Å²) >= 11 is 7.53. The highest BCUT2D eigenvalue weighted by molar-refractivity contribution is 7.91. The highest BCUT2D eigenvalue weighted by Crippen LogP contribution is 2.46. The maximum atomic E-state index is 14.4. The Kier molecular flexibility index (Phi) is 10.3. The number of thiophene rings is 1. The van der Waals surface area contributed by atoms with Crippen molar-refractivity contribution in [3.8, 4) is 17.3 Å². The van der Waals surface area contributed by atoms with Crippen LogP contribution in [-0.2, 0) is 29.1 Å². The number of pyridine rings is 1. The number of hydrogen-bond donors (Lipinski definition) is 3. The van der Waals surface area contributed by atoms with Gasteiger partial charge >= 0.3 is 6.09 Å². The van der Waals surface area contributed by atoms with Crippen LogP contribution in [-0.4, -0.2) is 94.7 Å². The van der Waals surface area contributed by atoms with Gasteiger partial charge in [0.15, 0.2) is 5.82 Å². The third-order valence-corrected chi connectivity index (χ3v) is 13.9. The smallest absolute Gasteiger partial charge is 0.407 e. The first-order chi connectivity index (χ1) is 27.0. The van der Waals surface area contributed by atoms with Gasteiger partial charge < -0.3 is 25.0 Å². The van der Waals surface area contributed by atoms with Crippen molar-refractivity contribution >= 4 is 77.2 Å². The van der Waals surface area contributed by atoms with Gasteiger partial charge in [0.2, 0.25) is 27.7 Å². The minimum atomic E-state index is -3.91. The number of hydrogen-bond acceptors (Lipinski definition) is 12. The van der Waals surface area contributed by atoms with Gasteiger partial charge in [-0.3, -0.25) is 19.1 Å². The Hall–Kier alpha value is -4.87. The molecule has 4 aromatic rings. The first kappa shape index (κ1) is 38.0. The average Bonchev–Trinajstić information content (AvgIpc) is 4.08. The second kappa shape index (κ2) is 15.2. The molecule has 294 valence electrons. The van der Waals surface area contributed by atoms with Crippen LogP contribution < -0.4 is 20.1 Å². The number of halogens is 1. The standard InChI is InChI=1S/C38H40ClN7O8S2/c1-53-37(50)41-27-10-6-4-2-3-5-8-22-19-38(22,36(49)45-56(51,52)25-15-16-25)44-32(47)28-18-24(20-46(28)35(27)48)54-33-30-29(26-9-7-17-40-34(26)55-30)42-31(43-33)21-11-13-23(39)14-12-21/h5,7-9,11-14,17,22,24-25,27-28H,2-4,6,10,15-16,18-20H2,1H3,(H,41,50)(H,44,47)(H,45,49)/b8-5-/t22-,24-,27+,28+,38-/m1/s1. The number of amides is 4. The van der Waals surface area contributed by atoms with Crippen molar-refractivity contribution < 1.29 is 37.1 Å². The number of fused-ring (bicyclic) bond motifs is 5. The van der Waals surface area contributed by atoms with Crippen molar-refractivity contribution in [3.05, 3.63) is 59.8 Å². The fourth-order valence-corrected chi connectivity index (χ4v) is 9.97. The molecule has 0 unspecified atom stereocenters. The zero-order valence-electron chi connectivity index (χ0n) is 30.4. The summed E-state index contributed by atoms with van der Waals surface area (Å²) in [7, 11) is -2.70. The number of aromatic nitrogens is 3. The zero-order valence-corrected chi connectivity index (χ0v) is 32.8. The van der Waals surface area contributed by atoms with Crippen molar-refractivity contribution in [2.24, 2.45) is 5.92 Å². The van der Waals surface area contributed by atoms with Gasteiger partial charge in [0.1, 0.15) is 33.3 Å². The summed E-state index contributed by atoms with van der Waals surface area (Å²) in [4.78, 5) is 71.4. The quantitative estimate of drug-likeness (QED) is 0.220. The molecule has 18 heteroatoms. The van der Waals surface area contributed by atoms with Crippen LogP contribution in [0.4, 0.5) is 4.79 Å². The number of ether oxygens (including phenoxy) is 2. The van der Waals surface area contributed by atoms with E-state index in [2.05, 4.69) is 20.3 Å². The number of alkyl carbamates (subject to hydrolysis) is 1. The minimum absolute atomic E-state index is 0.00597. The number of nitrogens with zero attached hydrogens (tertiary/aromatic N) is 4. The van der Waals surface area contributed by atoms with Crippen LogP contribution >= 0.6 is 22.9 Å². The highest BCUT2D eigenvalue weighted by atomic mass is 35.5. The van der Waals surface area contributed by atoms with Gasteiger partial charge in [-0.25, -0.2) is 23.2 Å². The molecule has 0 bridgehead atoms. The lowest BCUT2D eigenvalue weighted by Gasteiger charge is -2.29. The summed E-state index contributed by atoms with van der Waals surface area (Å²) in [5, 5.41) is 6.24. The SMILES string of the molecule is COC(=O)N[C@H]1CCCCC/C=C\[C@@H]2C[C@@]2(C(=O)NS(=O)(=O)C2CC2)NC(=O)[C@@H]2C[C@@H](Oc3nc(-c4ccc(Cl)cc4)nc4c3sc3ncccc34)CN2C1=O. The minimum Gasteiger partial charge on any atom is -0.471 e. The molecule has 15 nitrogen and oxygen atoms in total. The Morgan fingerprint density at radius 3 is 2.64 bits per heavy atom. The Bertz CT molecular complexity index is 2350. The van der Waals surface area contributed by atoms with E-state index in [1.807, 2.05) is 24.3 Å². The predicted octanol–water partition coefficient (Wildman–Crippen LogP) is 4.64. The van der Waals surface area contributed by atoms with Crippen LogP contribution in [0.15, 0.2) is 54.7 Å². The second-order valence-electron chi connectivity index (χ2n) is 14.7.